The van der Waals surface area contributed by atoms with Gasteiger partial charge >= 0.3 is 0 Å². The molecule has 31 heavy (non-hydrogen) atoms. The first kappa shape index (κ1) is 23.2. The molecule has 1 aliphatic heterocycles. The van der Waals surface area contributed by atoms with Crippen LogP contribution < -0.4 is 5.32 Å². The van der Waals surface area contributed by atoms with Gasteiger partial charge in [0.1, 0.15) is 0 Å². The number of carbonyl (C=O) groups excluding carboxylic acids is 3. The number of carbonyl (C=O) groups is 3. The highest BCUT2D eigenvalue weighted by Crippen LogP contribution is 2.22. The van der Waals surface area contributed by atoms with Gasteiger partial charge in [0.2, 0.25) is 5.91 Å². The number of nitrogens with zero attached hydrogens (tertiary/aromatic N) is 2. The first-order valence-corrected chi connectivity index (χ1v) is 10.9. The summed E-state index contributed by atoms with van der Waals surface area (Å²) >= 11 is 6.09. The number of para-hydroxylation sites is 1. The van der Waals surface area contributed by atoms with Crippen LogP contribution in [0.2, 0.25) is 5.02 Å². The van der Waals surface area contributed by atoms with E-state index in [1.165, 1.54) is 6.92 Å². The van der Waals surface area contributed by atoms with Gasteiger partial charge in [-0.25, -0.2) is 0 Å². The Morgan fingerprint density at radius 2 is 1.68 bits per heavy atom. The number of aromatic amines is 1. The van der Waals surface area contributed by atoms with Crippen molar-refractivity contribution in [1.29, 1.82) is 0 Å². The van der Waals surface area contributed by atoms with Crippen molar-refractivity contribution in [3.63, 3.8) is 0 Å². The molecule has 2 heterocycles. The van der Waals surface area contributed by atoms with Crippen LogP contribution in [0.3, 0.4) is 0 Å². The van der Waals surface area contributed by atoms with Crippen LogP contribution in [0.5, 0.6) is 0 Å². The van der Waals surface area contributed by atoms with E-state index in [-0.39, 0.29) is 24.0 Å². The van der Waals surface area contributed by atoms with E-state index in [2.05, 4.69) is 20.1 Å². The second-order valence-electron chi connectivity index (χ2n) is 7.89. The van der Waals surface area contributed by atoms with Crippen molar-refractivity contribution in [2.45, 2.75) is 27.2 Å². The van der Waals surface area contributed by atoms with E-state index in [1.807, 2.05) is 26.0 Å². The molecule has 2 N–H and O–H groups in total. The van der Waals surface area contributed by atoms with Gasteiger partial charge in [0.05, 0.1) is 29.5 Å². The molecule has 3 rings (SSSR count). The van der Waals surface area contributed by atoms with Gasteiger partial charge < -0.3 is 10.3 Å². The Hall–Kier alpha value is -2.48. The van der Waals surface area contributed by atoms with Crippen LogP contribution in [-0.2, 0) is 11.2 Å². The van der Waals surface area contributed by atoms with Crippen molar-refractivity contribution in [1.82, 2.24) is 14.8 Å². The third-order valence-electron chi connectivity index (χ3n) is 5.62. The second kappa shape index (κ2) is 10.2. The van der Waals surface area contributed by atoms with Gasteiger partial charge in [-0.2, -0.15) is 0 Å². The fraction of sp³-hybridized carbons (Fsp3) is 0.435. The first-order chi connectivity index (χ1) is 14.8. The minimum atomic E-state index is -0.108. The van der Waals surface area contributed by atoms with Gasteiger partial charge in [0.25, 0.3) is 0 Å². The zero-order valence-corrected chi connectivity index (χ0v) is 19.0. The summed E-state index contributed by atoms with van der Waals surface area (Å²) in [5.41, 5.74) is 3.36. The second-order valence-corrected chi connectivity index (χ2v) is 8.30. The molecule has 7 nitrogen and oxygen atoms in total. The number of hydrogen-bond acceptors (Lipinski definition) is 5. The number of anilines is 1. The zero-order valence-electron chi connectivity index (χ0n) is 18.3. The number of rotatable bonds is 8. The Bertz CT molecular complexity index is 977. The summed E-state index contributed by atoms with van der Waals surface area (Å²) in [5, 5.41) is 3.35. The number of nitrogens with one attached hydrogen (secondary N) is 2. The third kappa shape index (κ3) is 5.61. The minimum Gasteiger partial charge on any atom is -0.355 e. The van der Waals surface area contributed by atoms with Crippen LogP contribution in [0.25, 0.3) is 0 Å². The molecule has 0 unspecified atom stereocenters. The van der Waals surface area contributed by atoms with Crippen LogP contribution in [0.4, 0.5) is 5.69 Å². The molecule has 0 spiro atoms. The average Bonchev–Trinajstić information content (AvgIpc) is 3.08. The number of hydrogen-bond donors (Lipinski definition) is 2. The molecule has 0 aliphatic carbocycles. The highest BCUT2D eigenvalue weighted by Gasteiger charge is 2.25. The van der Waals surface area contributed by atoms with Crippen molar-refractivity contribution in [3.05, 3.63) is 51.8 Å². The number of Topliss-reactive ketones (excluding diaryl/α,β-unsaturated/α-hetero) is 2. The summed E-state index contributed by atoms with van der Waals surface area (Å²) in [4.78, 5) is 44.5. The number of H-pyrrole nitrogens is 1. The lowest BCUT2D eigenvalue weighted by molar-refractivity contribution is -0.117. The maximum absolute atomic E-state index is 12.9. The number of ketones is 2. The quantitative estimate of drug-likeness (QED) is 0.611. The Labute approximate surface area is 187 Å². The lowest BCUT2D eigenvalue weighted by Crippen LogP contribution is -2.49. The molecule has 8 heteroatoms. The van der Waals surface area contributed by atoms with Gasteiger partial charge in [-0.1, -0.05) is 30.7 Å². The average molecular weight is 445 g/mol. The molecular weight excluding hydrogens is 416 g/mol. The third-order valence-corrected chi connectivity index (χ3v) is 5.95. The Kier molecular flexibility index (Phi) is 7.64. The molecule has 0 radical (unpaired) electrons. The Morgan fingerprint density at radius 1 is 1.06 bits per heavy atom. The zero-order chi connectivity index (χ0) is 22.5. The molecule has 2 aromatic rings. The van der Waals surface area contributed by atoms with Crippen molar-refractivity contribution >= 4 is 34.8 Å². The van der Waals surface area contributed by atoms with E-state index in [0.29, 0.717) is 61.1 Å². The summed E-state index contributed by atoms with van der Waals surface area (Å²) in [7, 11) is 0. The van der Waals surface area contributed by atoms with E-state index < -0.39 is 0 Å². The molecular formula is C23H29ClN4O3. The molecule has 1 aromatic heterocycles. The van der Waals surface area contributed by atoms with E-state index in [0.717, 1.165) is 11.3 Å². The van der Waals surface area contributed by atoms with Gasteiger partial charge in [-0.15, -0.1) is 0 Å². The predicted molar refractivity (Wildman–Crippen MR) is 122 cm³/mol. The SMILES string of the molecule is CCc1c(C(=O)CN2CCN(CC(=O)Nc3ccccc3Cl)CC2)[nH]c(C)c1C(C)=O. The summed E-state index contributed by atoms with van der Waals surface area (Å²) < 4.78 is 0. The molecule has 1 fully saturated rings. The lowest BCUT2D eigenvalue weighted by Gasteiger charge is -2.33. The Balaban J connectivity index is 1.52. The van der Waals surface area contributed by atoms with Gasteiger partial charge in [-0.3, -0.25) is 24.2 Å². The van der Waals surface area contributed by atoms with Crippen LogP contribution >= 0.6 is 11.6 Å². The molecule has 1 amide bonds. The molecule has 1 aliphatic rings. The van der Waals surface area contributed by atoms with E-state index in [1.54, 1.807) is 12.1 Å². The molecule has 1 saturated heterocycles. The topological polar surface area (TPSA) is 85.5 Å². The number of aromatic nitrogens is 1. The van der Waals surface area contributed by atoms with Crippen molar-refractivity contribution < 1.29 is 14.4 Å². The largest absolute Gasteiger partial charge is 0.355 e. The molecule has 0 bridgehead atoms. The van der Waals surface area contributed by atoms with E-state index in [4.69, 9.17) is 11.6 Å². The maximum atomic E-state index is 12.9. The molecule has 1 aromatic carbocycles. The monoisotopic (exact) mass is 444 g/mol. The van der Waals surface area contributed by atoms with Crippen molar-refractivity contribution in [2.24, 2.45) is 0 Å². The van der Waals surface area contributed by atoms with E-state index in [9.17, 15) is 14.4 Å². The first-order valence-electron chi connectivity index (χ1n) is 10.5. The summed E-state index contributed by atoms with van der Waals surface area (Å²) in [5.74, 6) is -0.130. The molecule has 0 atom stereocenters. The molecule has 166 valence electrons. The highest BCUT2D eigenvalue weighted by molar-refractivity contribution is 6.33. The van der Waals surface area contributed by atoms with Crippen molar-refractivity contribution in [3.8, 4) is 0 Å². The summed E-state index contributed by atoms with van der Waals surface area (Å²) in [6.45, 7) is 8.70. The van der Waals surface area contributed by atoms with Gasteiger partial charge in [-0.05, 0) is 38.0 Å². The number of piperazine rings is 1. The van der Waals surface area contributed by atoms with E-state index >= 15 is 0 Å². The molecule has 0 saturated carbocycles. The maximum Gasteiger partial charge on any atom is 0.238 e. The highest BCUT2D eigenvalue weighted by atomic mass is 35.5. The lowest BCUT2D eigenvalue weighted by atomic mass is 10.0. The van der Waals surface area contributed by atoms with Gasteiger partial charge in [0.15, 0.2) is 11.6 Å². The summed E-state index contributed by atoms with van der Waals surface area (Å²) in [6, 6.07) is 7.15. The summed E-state index contributed by atoms with van der Waals surface area (Å²) in [6.07, 6.45) is 0.634. The number of benzene rings is 1. The number of aryl methyl sites for hydroxylation is 1. The van der Waals surface area contributed by atoms with Crippen molar-refractivity contribution in [2.75, 3.05) is 44.6 Å². The Morgan fingerprint density at radius 3 is 2.26 bits per heavy atom. The fourth-order valence-corrected chi connectivity index (χ4v) is 4.27. The van der Waals surface area contributed by atoms with Crippen LogP contribution in [0.1, 0.15) is 46.0 Å². The number of halogens is 1. The van der Waals surface area contributed by atoms with Crippen LogP contribution in [0.15, 0.2) is 24.3 Å². The fourth-order valence-electron chi connectivity index (χ4n) is 4.09. The number of amides is 1. The minimum absolute atomic E-state index is 0.00244. The normalized spacial score (nSPS) is 15.1. The standard InChI is InChI=1S/C23H29ClN4O3/c1-4-17-22(16(3)29)15(2)25-23(17)20(30)13-27-9-11-28(12-10-27)14-21(31)26-19-8-6-5-7-18(19)24/h5-8,25H,4,9-14H2,1-3H3,(H,26,31). The van der Waals surface area contributed by atoms with Gasteiger partial charge in [0, 0.05) is 37.4 Å². The smallest absolute Gasteiger partial charge is 0.238 e. The van der Waals surface area contributed by atoms with Crippen LogP contribution in [-0.4, -0.2) is 71.5 Å². The van der Waals surface area contributed by atoms with Crippen LogP contribution in [0, 0.1) is 6.92 Å². The predicted octanol–water partition coefficient (Wildman–Crippen LogP) is 3.18.